The van der Waals surface area contributed by atoms with Gasteiger partial charge in [0.05, 0.1) is 10.5 Å². The predicted molar refractivity (Wildman–Crippen MR) is 47.5 cm³/mol. The average Bonchev–Trinajstić information content (AvgIpc) is 2.15. The number of carboxylic acids is 1. The molecule has 86 valence electrons. The molecule has 0 aromatic carbocycles. The molecule has 0 saturated carbocycles. The molecule has 0 radical (unpaired) electrons. The summed E-state index contributed by atoms with van der Waals surface area (Å²) in [5.74, 6) is -1.66. The van der Waals surface area contributed by atoms with Crippen molar-refractivity contribution in [3.63, 3.8) is 0 Å². The monoisotopic (exact) mass is 232 g/mol. The Morgan fingerprint density at radius 2 is 2.19 bits per heavy atom. The molecule has 0 spiro atoms. The highest BCUT2D eigenvalue weighted by Crippen LogP contribution is 2.28. The number of nitrogens with zero attached hydrogens (tertiary/aromatic N) is 2. The molecule has 1 N–H and O–H groups in total. The van der Waals surface area contributed by atoms with Crippen LogP contribution in [0.5, 0.6) is 0 Å². The number of hydrogen-bond donors (Lipinski definition) is 1. The van der Waals surface area contributed by atoms with Gasteiger partial charge in [-0.3, -0.25) is 10.1 Å². The third-order valence-electron chi connectivity index (χ3n) is 1.96. The third-order valence-corrected chi connectivity index (χ3v) is 1.96. The van der Waals surface area contributed by atoms with Crippen molar-refractivity contribution < 1.29 is 23.6 Å². The molecular weight excluding hydrogens is 226 g/mol. The molecular formula is C8H6F2N2O4. The van der Waals surface area contributed by atoms with Crippen molar-refractivity contribution in [1.82, 2.24) is 4.98 Å². The number of hydrogen-bond acceptors (Lipinski definition) is 4. The summed E-state index contributed by atoms with van der Waals surface area (Å²) >= 11 is 0. The smallest absolute Gasteiger partial charge is 0.338 e. The quantitative estimate of drug-likeness (QED) is 0.634. The van der Waals surface area contributed by atoms with Gasteiger partial charge >= 0.3 is 5.97 Å². The van der Waals surface area contributed by atoms with Crippen molar-refractivity contribution in [1.29, 1.82) is 0 Å². The highest BCUT2D eigenvalue weighted by Gasteiger charge is 2.27. The molecule has 0 aliphatic heterocycles. The minimum atomic E-state index is -3.09. The van der Waals surface area contributed by atoms with Gasteiger partial charge in [-0.05, 0) is 6.92 Å². The first-order valence-corrected chi connectivity index (χ1v) is 4.01. The van der Waals surface area contributed by atoms with E-state index in [1.165, 1.54) is 0 Å². The van der Waals surface area contributed by atoms with E-state index in [9.17, 15) is 23.7 Å². The van der Waals surface area contributed by atoms with Gasteiger partial charge in [0.2, 0.25) is 0 Å². The molecule has 1 aromatic rings. The van der Waals surface area contributed by atoms with Crippen LogP contribution in [0.3, 0.4) is 0 Å². The zero-order valence-electron chi connectivity index (χ0n) is 7.98. The van der Waals surface area contributed by atoms with Crippen LogP contribution in [0.15, 0.2) is 6.20 Å². The molecule has 0 aliphatic carbocycles. The van der Waals surface area contributed by atoms with Gasteiger partial charge in [0.1, 0.15) is 11.9 Å². The molecule has 0 unspecified atom stereocenters. The van der Waals surface area contributed by atoms with Crippen molar-refractivity contribution in [2.75, 3.05) is 0 Å². The Kier molecular flexibility index (Phi) is 3.11. The number of rotatable bonds is 3. The van der Waals surface area contributed by atoms with E-state index in [1.807, 2.05) is 0 Å². The van der Waals surface area contributed by atoms with Crippen LogP contribution in [-0.4, -0.2) is 21.0 Å². The van der Waals surface area contributed by atoms with Crippen molar-refractivity contribution in [2.24, 2.45) is 0 Å². The second-order valence-electron chi connectivity index (χ2n) is 2.89. The van der Waals surface area contributed by atoms with Gasteiger partial charge in [0.15, 0.2) is 0 Å². The summed E-state index contributed by atoms with van der Waals surface area (Å²) in [6, 6.07) is 0. The van der Waals surface area contributed by atoms with Crippen molar-refractivity contribution in [2.45, 2.75) is 13.3 Å². The molecule has 16 heavy (non-hydrogen) atoms. The van der Waals surface area contributed by atoms with E-state index in [1.54, 1.807) is 0 Å². The minimum Gasteiger partial charge on any atom is -0.478 e. The first kappa shape index (κ1) is 12.0. The average molecular weight is 232 g/mol. The van der Waals surface area contributed by atoms with Crippen LogP contribution >= 0.6 is 0 Å². The number of halogens is 2. The Morgan fingerprint density at radius 3 is 2.56 bits per heavy atom. The van der Waals surface area contributed by atoms with Crippen molar-refractivity contribution in [3.8, 4) is 0 Å². The van der Waals surface area contributed by atoms with Gasteiger partial charge in [-0.15, -0.1) is 0 Å². The summed E-state index contributed by atoms with van der Waals surface area (Å²) in [5, 5.41) is 19.2. The molecule has 1 heterocycles. The fourth-order valence-electron chi connectivity index (χ4n) is 1.23. The molecule has 0 saturated heterocycles. The zero-order valence-corrected chi connectivity index (χ0v) is 7.98. The number of carboxylic acid groups (broad SMARTS) is 1. The maximum Gasteiger partial charge on any atom is 0.338 e. The van der Waals surface area contributed by atoms with Gasteiger partial charge in [-0.2, -0.15) is 0 Å². The van der Waals surface area contributed by atoms with E-state index in [0.29, 0.717) is 6.20 Å². The predicted octanol–water partition coefficient (Wildman–Crippen LogP) is 1.93. The molecule has 0 atom stereocenters. The molecule has 0 aliphatic rings. The highest BCUT2D eigenvalue weighted by molar-refractivity contribution is 5.91. The Morgan fingerprint density at radius 1 is 1.62 bits per heavy atom. The normalized spacial score (nSPS) is 10.5. The summed E-state index contributed by atoms with van der Waals surface area (Å²) in [6.45, 7) is 1.09. The van der Waals surface area contributed by atoms with Crippen LogP contribution in [0.4, 0.5) is 14.5 Å². The standard InChI is InChI=1S/C8H6F2N2O4/c1-3-4(12(15)16)2-11-6(7(9)10)5(3)8(13)14/h2,7H,1H3,(H,13,14). The van der Waals surface area contributed by atoms with Gasteiger partial charge in [-0.1, -0.05) is 0 Å². The first-order chi connectivity index (χ1) is 7.36. The number of aromatic carboxylic acids is 1. The third kappa shape index (κ3) is 1.95. The molecule has 0 fully saturated rings. The molecule has 1 aromatic heterocycles. The summed E-state index contributed by atoms with van der Waals surface area (Å²) in [4.78, 5) is 23.4. The SMILES string of the molecule is Cc1c([N+](=O)[O-])cnc(C(F)F)c1C(=O)O. The molecule has 6 nitrogen and oxygen atoms in total. The lowest BCUT2D eigenvalue weighted by molar-refractivity contribution is -0.385. The molecule has 8 heteroatoms. The Bertz CT molecular complexity index is 462. The molecule has 0 amide bonds. The van der Waals surface area contributed by atoms with E-state index in [-0.39, 0.29) is 5.56 Å². The van der Waals surface area contributed by atoms with E-state index in [2.05, 4.69) is 4.98 Å². The Hall–Kier alpha value is -2.12. The van der Waals surface area contributed by atoms with Gasteiger partial charge in [0.25, 0.3) is 12.1 Å². The van der Waals surface area contributed by atoms with Gasteiger partial charge in [-0.25, -0.2) is 18.6 Å². The number of carbonyl (C=O) groups is 1. The van der Waals surface area contributed by atoms with E-state index >= 15 is 0 Å². The maximum atomic E-state index is 12.4. The maximum absolute atomic E-state index is 12.4. The van der Waals surface area contributed by atoms with Crippen LogP contribution in [0, 0.1) is 17.0 Å². The first-order valence-electron chi connectivity index (χ1n) is 4.01. The lowest BCUT2D eigenvalue weighted by Gasteiger charge is -2.06. The second-order valence-corrected chi connectivity index (χ2v) is 2.89. The fourth-order valence-corrected chi connectivity index (χ4v) is 1.23. The fraction of sp³-hybridized carbons (Fsp3) is 0.250. The van der Waals surface area contributed by atoms with E-state index < -0.39 is 34.3 Å². The van der Waals surface area contributed by atoms with Crippen molar-refractivity contribution >= 4 is 11.7 Å². The van der Waals surface area contributed by atoms with Crippen LogP contribution in [-0.2, 0) is 0 Å². The van der Waals surface area contributed by atoms with E-state index in [4.69, 9.17) is 5.11 Å². The Labute approximate surface area is 87.7 Å². The molecule has 0 bridgehead atoms. The zero-order chi connectivity index (χ0) is 12.5. The summed E-state index contributed by atoms with van der Waals surface area (Å²) < 4.78 is 24.8. The second kappa shape index (κ2) is 4.17. The number of alkyl halides is 2. The molecule has 1 rings (SSSR count). The van der Waals surface area contributed by atoms with Crippen LogP contribution in [0.2, 0.25) is 0 Å². The van der Waals surface area contributed by atoms with Crippen LogP contribution in [0.1, 0.15) is 28.0 Å². The summed E-state index contributed by atoms with van der Waals surface area (Å²) in [7, 11) is 0. The highest BCUT2D eigenvalue weighted by atomic mass is 19.3. The lowest BCUT2D eigenvalue weighted by Crippen LogP contribution is -2.10. The summed E-state index contributed by atoms with van der Waals surface area (Å²) in [5.41, 5.74) is -2.70. The van der Waals surface area contributed by atoms with Gasteiger partial charge < -0.3 is 5.11 Å². The topological polar surface area (TPSA) is 93.3 Å². The summed E-state index contributed by atoms with van der Waals surface area (Å²) in [6.07, 6.45) is -2.46. The lowest BCUT2D eigenvalue weighted by atomic mass is 10.1. The van der Waals surface area contributed by atoms with Crippen LogP contribution in [0.25, 0.3) is 0 Å². The minimum absolute atomic E-state index is 0.331. The largest absolute Gasteiger partial charge is 0.478 e. The van der Waals surface area contributed by atoms with Crippen LogP contribution < -0.4 is 0 Å². The number of nitro groups is 1. The number of pyridine rings is 1. The van der Waals surface area contributed by atoms with E-state index in [0.717, 1.165) is 6.92 Å². The van der Waals surface area contributed by atoms with Crippen molar-refractivity contribution in [3.05, 3.63) is 33.1 Å². The van der Waals surface area contributed by atoms with Gasteiger partial charge in [0, 0.05) is 5.56 Å². The number of aromatic nitrogens is 1. The Balaban J connectivity index is 3.54.